The van der Waals surface area contributed by atoms with Crippen molar-refractivity contribution in [3.05, 3.63) is 106 Å². The van der Waals surface area contributed by atoms with E-state index in [0.29, 0.717) is 17.5 Å². The van der Waals surface area contributed by atoms with Crippen molar-refractivity contribution >= 4 is 11.6 Å². The normalized spacial score (nSPS) is 11.1. The number of nitrogens with one attached hydrogen (secondary N) is 1. The highest BCUT2D eigenvalue weighted by atomic mass is 35.5. The molecule has 7 nitrogen and oxygen atoms in total. The first-order valence-corrected chi connectivity index (χ1v) is 12.0. The molecule has 0 amide bonds. The van der Waals surface area contributed by atoms with Crippen molar-refractivity contribution in [2.45, 2.75) is 32.7 Å². The molecular formula is C27H25ClN6O. The van der Waals surface area contributed by atoms with E-state index in [1.165, 1.54) is 0 Å². The van der Waals surface area contributed by atoms with Crippen molar-refractivity contribution < 1.29 is 0 Å². The van der Waals surface area contributed by atoms with Gasteiger partial charge in [0.25, 0.3) is 0 Å². The van der Waals surface area contributed by atoms with Crippen LogP contribution in [0.1, 0.15) is 31.0 Å². The van der Waals surface area contributed by atoms with Crippen LogP contribution in [-0.2, 0) is 13.0 Å². The number of halogens is 1. The van der Waals surface area contributed by atoms with Gasteiger partial charge in [0.15, 0.2) is 0 Å². The molecule has 2 aromatic heterocycles. The van der Waals surface area contributed by atoms with E-state index in [9.17, 15) is 4.79 Å². The summed E-state index contributed by atoms with van der Waals surface area (Å²) in [5.41, 5.74) is 5.48. The average molecular weight is 485 g/mol. The third kappa shape index (κ3) is 4.55. The maximum Gasteiger partial charge on any atom is 0.334 e. The Bertz CT molecular complexity index is 1470. The summed E-state index contributed by atoms with van der Waals surface area (Å²) in [4.78, 5) is 13.5. The summed E-state index contributed by atoms with van der Waals surface area (Å²) in [7, 11) is 0. The summed E-state index contributed by atoms with van der Waals surface area (Å²) in [6, 6.07) is 25.7. The number of imidazole rings is 1. The molecule has 0 bridgehead atoms. The first kappa shape index (κ1) is 22.8. The Morgan fingerprint density at radius 1 is 0.914 bits per heavy atom. The van der Waals surface area contributed by atoms with Crippen LogP contribution in [0.5, 0.6) is 0 Å². The minimum absolute atomic E-state index is 0.126. The zero-order valence-electron chi connectivity index (χ0n) is 19.4. The number of benzene rings is 3. The number of rotatable bonds is 8. The molecule has 0 unspecified atom stereocenters. The maximum atomic E-state index is 13.5. The predicted molar refractivity (Wildman–Crippen MR) is 138 cm³/mol. The van der Waals surface area contributed by atoms with Gasteiger partial charge in [-0.1, -0.05) is 91.7 Å². The standard InChI is InChI=1S/C27H25ClN6O/c1-2-3-13-24-25(28)34(21-9-5-4-6-10-21)27(35)33(24)18-19-14-16-20(17-15-19)22-11-7-8-12-23(22)26-29-31-32-30-26/h4-12,14-17H,2-3,13,18H2,1H3,(H,29,30,31,32). The second-order valence-electron chi connectivity index (χ2n) is 8.36. The highest BCUT2D eigenvalue weighted by Crippen LogP contribution is 2.30. The molecule has 35 heavy (non-hydrogen) atoms. The van der Waals surface area contributed by atoms with Crippen molar-refractivity contribution in [1.29, 1.82) is 0 Å². The predicted octanol–water partition coefficient (Wildman–Crippen LogP) is 5.53. The first-order chi connectivity index (χ1) is 17.2. The summed E-state index contributed by atoms with van der Waals surface area (Å²) in [5.74, 6) is 0.550. The summed E-state index contributed by atoms with van der Waals surface area (Å²) < 4.78 is 3.40. The molecule has 0 spiro atoms. The summed E-state index contributed by atoms with van der Waals surface area (Å²) >= 11 is 6.77. The number of nitrogens with zero attached hydrogens (tertiary/aromatic N) is 5. The lowest BCUT2D eigenvalue weighted by Crippen LogP contribution is -2.24. The third-order valence-electron chi connectivity index (χ3n) is 6.08. The number of tetrazole rings is 1. The van der Waals surface area contributed by atoms with Crippen molar-refractivity contribution in [3.63, 3.8) is 0 Å². The molecule has 0 saturated heterocycles. The lowest BCUT2D eigenvalue weighted by atomic mass is 9.98. The Balaban J connectivity index is 1.49. The summed E-state index contributed by atoms with van der Waals surface area (Å²) in [5, 5.41) is 14.9. The number of unbranched alkanes of at least 4 members (excludes halogenated alkanes) is 1. The number of aromatic amines is 1. The van der Waals surface area contributed by atoms with Crippen LogP contribution in [0.25, 0.3) is 28.2 Å². The third-order valence-corrected chi connectivity index (χ3v) is 6.47. The van der Waals surface area contributed by atoms with Gasteiger partial charge in [-0.05, 0) is 46.9 Å². The summed E-state index contributed by atoms with van der Waals surface area (Å²) in [6.45, 7) is 2.58. The highest BCUT2D eigenvalue weighted by Gasteiger charge is 2.19. The molecule has 0 aliphatic carbocycles. The molecule has 0 fully saturated rings. The Kier molecular flexibility index (Phi) is 6.59. The summed E-state index contributed by atoms with van der Waals surface area (Å²) in [6.07, 6.45) is 2.74. The fraction of sp³-hybridized carbons (Fsp3) is 0.185. The lowest BCUT2D eigenvalue weighted by Gasteiger charge is -2.10. The van der Waals surface area contributed by atoms with E-state index in [0.717, 1.165) is 52.9 Å². The van der Waals surface area contributed by atoms with E-state index in [4.69, 9.17) is 11.6 Å². The van der Waals surface area contributed by atoms with Crippen LogP contribution in [0.4, 0.5) is 0 Å². The average Bonchev–Trinajstić information content (AvgIpc) is 3.51. The molecule has 2 heterocycles. The van der Waals surface area contributed by atoms with E-state index < -0.39 is 0 Å². The maximum absolute atomic E-state index is 13.5. The Morgan fingerprint density at radius 2 is 1.63 bits per heavy atom. The highest BCUT2D eigenvalue weighted by molar-refractivity contribution is 6.30. The molecule has 3 aromatic carbocycles. The SMILES string of the molecule is CCCCc1c(Cl)n(-c2ccccc2)c(=O)n1Cc1ccc(-c2ccccc2-c2nn[nH]n2)cc1. The zero-order valence-corrected chi connectivity index (χ0v) is 20.1. The van der Waals surface area contributed by atoms with E-state index in [1.807, 2.05) is 66.7 Å². The van der Waals surface area contributed by atoms with E-state index in [1.54, 1.807) is 9.13 Å². The van der Waals surface area contributed by atoms with Gasteiger partial charge in [0, 0.05) is 5.56 Å². The molecule has 176 valence electrons. The van der Waals surface area contributed by atoms with Crippen LogP contribution in [-0.4, -0.2) is 29.8 Å². The number of para-hydroxylation sites is 1. The molecule has 0 aliphatic rings. The van der Waals surface area contributed by atoms with Gasteiger partial charge < -0.3 is 0 Å². The minimum Gasteiger partial charge on any atom is -0.290 e. The molecule has 0 radical (unpaired) electrons. The monoisotopic (exact) mass is 484 g/mol. The molecular weight excluding hydrogens is 460 g/mol. The molecule has 8 heteroatoms. The van der Waals surface area contributed by atoms with Gasteiger partial charge in [-0.15, -0.1) is 10.2 Å². The number of aromatic nitrogens is 6. The van der Waals surface area contributed by atoms with Crippen LogP contribution < -0.4 is 5.69 Å². The number of hydrogen-bond acceptors (Lipinski definition) is 4. The van der Waals surface area contributed by atoms with Gasteiger partial charge in [-0.3, -0.25) is 9.13 Å². The van der Waals surface area contributed by atoms with Crippen molar-refractivity contribution in [1.82, 2.24) is 29.8 Å². The molecule has 5 rings (SSSR count). The van der Waals surface area contributed by atoms with E-state index in [2.05, 4.69) is 39.7 Å². The Hall–Kier alpha value is -3.97. The van der Waals surface area contributed by atoms with Crippen molar-refractivity contribution in [2.24, 2.45) is 0 Å². The van der Waals surface area contributed by atoms with Crippen LogP contribution in [0.2, 0.25) is 5.15 Å². The second-order valence-corrected chi connectivity index (χ2v) is 8.72. The molecule has 0 saturated carbocycles. The number of hydrogen-bond donors (Lipinski definition) is 1. The molecule has 1 N–H and O–H groups in total. The smallest absolute Gasteiger partial charge is 0.290 e. The van der Waals surface area contributed by atoms with Crippen LogP contribution in [0.3, 0.4) is 0 Å². The topological polar surface area (TPSA) is 81.4 Å². The van der Waals surface area contributed by atoms with Gasteiger partial charge in [-0.25, -0.2) is 4.79 Å². The van der Waals surface area contributed by atoms with Gasteiger partial charge in [-0.2, -0.15) is 5.21 Å². The van der Waals surface area contributed by atoms with Crippen LogP contribution in [0.15, 0.2) is 83.7 Å². The van der Waals surface area contributed by atoms with Crippen LogP contribution >= 0.6 is 11.6 Å². The molecule has 0 aliphatic heterocycles. The van der Waals surface area contributed by atoms with Gasteiger partial charge in [0.2, 0.25) is 5.82 Å². The van der Waals surface area contributed by atoms with E-state index in [-0.39, 0.29) is 5.69 Å². The van der Waals surface area contributed by atoms with Crippen molar-refractivity contribution in [3.8, 4) is 28.2 Å². The van der Waals surface area contributed by atoms with Crippen molar-refractivity contribution in [2.75, 3.05) is 0 Å². The van der Waals surface area contributed by atoms with Gasteiger partial charge in [0.1, 0.15) is 5.15 Å². The molecule has 0 atom stereocenters. The fourth-order valence-corrected chi connectivity index (χ4v) is 4.65. The Labute approximate surface area is 208 Å². The molecule has 5 aromatic rings. The fourth-order valence-electron chi connectivity index (χ4n) is 4.28. The van der Waals surface area contributed by atoms with Crippen LogP contribution in [0, 0.1) is 0 Å². The zero-order chi connectivity index (χ0) is 24.2. The lowest BCUT2D eigenvalue weighted by molar-refractivity contribution is 0.674. The first-order valence-electron chi connectivity index (χ1n) is 11.6. The quantitative estimate of drug-likeness (QED) is 0.314. The van der Waals surface area contributed by atoms with Gasteiger partial charge in [0.05, 0.1) is 17.9 Å². The van der Waals surface area contributed by atoms with Gasteiger partial charge >= 0.3 is 5.69 Å². The number of H-pyrrole nitrogens is 1. The minimum atomic E-state index is -0.126. The largest absolute Gasteiger partial charge is 0.334 e. The second kappa shape index (κ2) is 10.1. The Morgan fingerprint density at radius 3 is 2.31 bits per heavy atom. The van der Waals surface area contributed by atoms with E-state index >= 15 is 0 Å².